The van der Waals surface area contributed by atoms with Gasteiger partial charge in [0.1, 0.15) is 17.0 Å². The van der Waals surface area contributed by atoms with Crippen molar-refractivity contribution < 1.29 is 28.9 Å². The van der Waals surface area contributed by atoms with Crippen LogP contribution in [0.1, 0.15) is 50.2 Å². The molecule has 0 unspecified atom stereocenters. The largest absolute Gasteiger partial charge is 0.396 e. The van der Waals surface area contributed by atoms with Gasteiger partial charge in [-0.3, -0.25) is 4.79 Å². The van der Waals surface area contributed by atoms with Crippen molar-refractivity contribution in [3.05, 3.63) is 69.2 Å². The average Bonchev–Trinajstić information content (AvgIpc) is 3.19. The Bertz CT molecular complexity index is 1230. The number of carbonyl (C=O) groups excluding carboxylic acids is 1. The van der Waals surface area contributed by atoms with Gasteiger partial charge in [0.05, 0.1) is 29.8 Å². The molecule has 2 aromatic carbocycles. The van der Waals surface area contributed by atoms with Crippen molar-refractivity contribution in [1.29, 1.82) is 5.26 Å². The molecule has 7 nitrogen and oxygen atoms in total. The lowest BCUT2D eigenvalue weighted by Crippen LogP contribution is -2.46. The molecule has 1 amide bonds. The van der Waals surface area contributed by atoms with E-state index in [0.29, 0.717) is 6.42 Å². The van der Waals surface area contributed by atoms with E-state index >= 15 is 8.78 Å². The number of benzene rings is 2. The molecule has 1 saturated heterocycles. The minimum atomic E-state index is -1.79. The molecular weight excluding hydrogens is 551 g/mol. The summed E-state index contributed by atoms with van der Waals surface area (Å²) in [5, 5.41) is 45.0. The zero-order valence-corrected chi connectivity index (χ0v) is 23.2. The molecule has 5 atom stereocenters. The first-order valence-electron chi connectivity index (χ1n) is 12.7. The summed E-state index contributed by atoms with van der Waals surface area (Å²) in [5.41, 5.74) is -2.43. The Morgan fingerprint density at radius 1 is 1.26 bits per heavy atom. The number of nitrogens with zero attached hydrogens (tertiary/aromatic N) is 1. The van der Waals surface area contributed by atoms with Crippen LogP contribution in [0.4, 0.5) is 8.78 Å². The van der Waals surface area contributed by atoms with Crippen molar-refractivity contribution in [2.75, 3.05) is 19.8 Å². The predicted molar refractivity (Wildman–Crippen MR) is 144 cm³/mol. The van der Waals surface area contributed by atoms with Gasteiger partial charge in [0, 0.05) is 35.7 Å². The van der Waals surface area contributed by atoms with Crippen molar-refractivity contribution in [3.63, 3.8) is 0 Å². The van der Waals surface area contributed by atoms with Crippen LogP contribution in [0.5, 0.6) is 0 Å². The maximum Gasteiger partial charge on any atom is 0.237 e. The summed E-state index contributed by atoms with van der Waals surface area (Å²) in [6, 6.07) is 8.34. The molecule has 0 aromatic heterocycles. The van der Waals surface area contributed by atoms with Gasteiger partial charge in [0.2, 0.25) is 5.91 Å². The van der Waals surface area contributed by atoms with Crippen LogP contribution < -0.4 is 10.6 Å². The molecular formula is C28H33Cl2F2N3O4. The highest BCUT2D eigenvalue weighted by Crippen LogP contribution is 2.53. The molecule has 1 aliphatic rings. The number of nitrogens with one attached hydrogen (secondary N) is 2. The van der Waals surface area contributed by atoms with Gasteiger partial charge >= 0.3 is 0 Å². The lowest BCUT2D eigenvalue weighted by atomic mass is 9.62. The van der Waals surface area contributed by atoms with Crippen LogP contribution in [0.3, 0.4) is 0 Å². The summed E-state index contributed by atoms with van der Waals surface area (Å²) < 4.78 is 31.3. The van der Waals surface area contributed by atoms with Crippen LogP contribution in [0.15, 0.2) is 36.4 Å². The summed E-state index contributed by atoms with van der Waals surface area (Å²) in [4.78, 5) is 13.6. The molecule has 0 aliphatic carbocycles. The molecule has 1 fully saturated rings. The molecule has 1 heterocycles. The Balaban J connectivity index is 2.25. The Kier molecular flexibility index (Phi) is 10.3. The molecule has 11 heteroatoms. The number of halogens is 4. The number of rotatable bonds is 11. The highest BCUT2D eigenvalue weighted by molar-refractivity contribution is 6.31. The summed E-state index contributed by atoms with van der Waals surface area (Å²) in [7, 11) is 0. The molecule has 0 spiro atoms. The molecule has 2 aromatic rings. The third kappa shape index (κ3) is 6.54. The fraction of sp³-hybridized carbons (Fsp3) is 0.500. The lowest BCUT2D eigenvalue weighted by molar-refractivity contribution is -0.123. The van der Waals surface area contributed by atoms with E-state index in [1.54, 1.807) is 0 Å². The molecule has 212 valence electrons. The van der Waals surface area contributed by atoms with Gasteiger partial charge in [-0.2, -0.15) is 5.26 Å². The topological polar surface area (TPSA) is 126 Å². The first-order chi connectivity index (χ1) is 18.4. The molecule has 39 heavy (non-hydrogen) atoms. The minimum absolute atomic E-state index is 0.000973. The van der Waals surface area contributed by atoms with Crippen LogP contribution >= 0.6 is 23.2 Å². The number of carbonyl (C=O) groups is 1. The molecule has 0 bridgehead atoms. The number of aliphatic hydroxyl groups is 3. The monoisotopic (exact) mass is 583 g/mol. The SMILES string of the molecule is CC(C)(CCO)C[C@H]1N[C@H](C(=O)NCC[C@H](O)CO)[C@@H](c2cccc(Cl)c2F)[C@]1(C#N)c1ccc(Cl)cc1F. The third-order valence-electron chi connectivity index (χ3n) is 7.45. The van der Waals surface area contributed by atoms with E-state index in [4.69, 9.17) is 28.3 Å². The van der Waals surface area contributed by atoms with E-state index in [0.717, 1.165) is 6.07 Å². The van der Waals surface area contributed by atoms with Gasteiger partial charge in [-0.05, 0) is 48.4 Å². The number of nitriles is 1. The molecule has 0 radical (unpaired) electrons. The number of hydrogen-bond acceptors (Lipinski definition) is 6. The van der Waals surface area contributed by atoms with Crippen LogP contribution in [0, 0.1) is 28.4 Å². The molecule has 0 saturated carbocycles. The maximum absolute atomic E-state index is 15.6. The fourth-order valence-electron chi connectivity index (χ4n) is 5.46. The van der Waals surface area contributed by atoms with Gasteiger partial charge in [-0.15, -0.1) is 0 Å². The van der Waals surface area contributed by atoms with Crippen molar-refractivity contribution >= 4 is 29.1 Å². The highest BCUT2D eigenvalue weighted by atomic mass is 35.5. The van der Waals surface area contributed by atoms with Gasteiger partial charge in [-0.1, -0.05) is 55.2 Å². The van der Waals surface area contributed by atoms with E-state index in [9.17, 15) is 20.3 Å². The predicted octanol–water partition coefficient (Wildman–Crippen LogP) is 3.82. The highest BCUT2D eigenvalue weighted by Gasteiger charge is 2.61. The number of hydrogen-bond donors (Lipinski definition) is 5. The summed E-state index contributed by atoms with van der Waals surface area (Å²) in [6.45, 7) is 3.15. The van der Waals surface area contributed by atoms with Gasteiger partial charge < -0.3 is 26.0 Å². The van der Waals surface area contributed by atoms with E-state index in [1.165, 1.54) is 30.3 Å². The van der Waals surface area contributed by atoms with Gasteiger partial charge in [0.25, 0.3) is 0 Å². The molecule has 5 N–H and O–H groups in total. The minimum Gasteiger partial charge on any atom is -0.396 e. The Hall–Kier alpha value is -2.32. The van der Waals surface area contributed by atoms with E-state index in [-0.39, 0.29) is 47.2 Å². The van der Waals surface area contributed by atoms with E-state index in [2.05, 4.69) is 16.7 Å². The summed E-state index contributed by atoms with van der Waals surface area (Å²) in [6.07, 6.45) is -0.388. The van der Waals surface area contributed by atoms with Crippen molar-refractivity contribution in [2.24, 2.45) is 5.41 Å². The summed E-state index contributed by atoms with van der Waals surface area (Å²) in [5.74, 6) is -3.44. The van der Waals surface area contributed by atoms with Crippen molar-refractivity contribution in [1.82, 2.24) is 10.6 Å². The average molecular weight is 584 g/mol. The fourth-order valence-corrected chi connectivity index (χ4v) is 5.81. The van der Waals surface area contributed by atoms with Gasteiger partial charge in [0.15, 0.2) is 0 Å². The normalized spacial score (nSPS) is 23.8. The second kappa shape index (κ2) is 12.9. The number of aliphatic hydroxyl groups excluding tert-OH is 3. The maximum atomic E-state index is 15.6. The van der Waals surface area contributed by atoms with E-state index < -0.39 is 59.1 Å². The quantitative estimate of drug-likeness (QED) is 0.274. The van der Waals surface area contributed by atoms with Crippen LogP contribution in [0.2, 0.25) is 10.0 Å². The standard InChI is InChI=1S/C28H33Cl2F2N3O4/c1-27(2,9-11-36)13-22-28(15-33,19-7-6-16(29)12-21(19)31)23(18-4-3-5-20(30)24(18)32)25(35-22)26(39)34-10-8-17(38)14-37/h3-7,12,17,22-23,25,35-38H,8-11,13-14H2,1-2H3,(H,34,39)/t17-,22+,23+,25-,28+/m0/s1. The van der Waals surface area contributed by atoms with Crippen LogP contribution in [-0.4, -0.2) is 59.2 Å². The van der Waals surface area contributed by atoms with Crippen LogP contribution in [0.25, 0.3) is 0 Å². The number of amides is 1. The Morgan fingerprint density at radius 2 is 1.97 bits per heavy atom. The second-order valence-corrected chi connectivity index (χ2v) is 11.5. The first-order valence-corrected chi connectivity index (χ1v) is 13.4. The van der Waals surface area contributed by atoms with Gasteiger partial charge in [-0.25, -0.2) is 8.78 Å². The zero-order valence-electron chi connectivity index (χ0n) is 21.7. The smallest absolute Gasteiger partial charge is 0.237 e. The van der Waals surface area contributed by atoms with Crippen molar-refractivity contribution in [3.8, 4) is 6.07 Å². The summed E-state index contributed by atoms with van der Waals surface area (Å²) >= 11 is 12.1. The third-order valence-corrected chi connectivity index (χ3v) is 7.97. The molecule has 3 rings (SSSR count). The first kappa shape index (κ1) is 31.2. The van der Waals surface area contributed by atoms with Crippen molar-refractivity contribution in [2.45, 2.75) is 62.6 Å². The Labute approximate surface area is 236 Å². The Morgan fingerprint density at radius 3 is 2.59 bits per heavy atom. The molecule has 1 aliphatic heterocycles. The lowest BCUT2D eigenvalue weighted by Gasteiger charge is -2.38. The zero-order chi connectivity index (χ0) is 29.0. The van der Waals surface area contributed by atoms with Crippen LogP contribution in [-0.2, 0) is 10.2 Å². The second-order valence-electron chi connectivity index (χ2n) is 10.7. The van der Waals surface area contributed by atoms with E-state index in [1.807, 2.05) is 13.8 Å².